The lowest BCUT2D eigenvalue weighted by atomic mass is 9.86. The topological polar surface area (TPSA) is 118 Å². The quantitative estimate of drug-likeness (QED) is 0.221. The molecule has 2 saturated heterocycles. The van der Waals surface area contributed by atoms with E-state index in [0.717, 1.165) is 16.2 Å². The van der Waals surface area contributed by atoms with E-state index in [2.05, 4.69) is 0 Å². The normalized spacial score (nSPS) is 23.2. The minimum Gasteiger partial charge on any atom is -0.352 e. The molecular formula is C29H21N3O6. The number of fused-ring (bicyclic) bond motifs is 5. The highest BCUT2D eigenvalue weighted by Gasteiger charge is 2.64. The van der Waals surface area contributed by atoms with E-state index in [4.69, 9.17) is 0 Å². The summed E-state index contributed by atoms with van der Waals surface area (Å²) in [5.41, 5.74) is 2.20. The summed E-state index contributed by atoms with van der Waals surface area (Å²) in [6.45, 7) is 1.43. The summed E-state index contributed by atoms with van der Waals surface area (Å²) >= 11 is 0. The number of ketones is 2. The van der Waals surface area contributed by atoms with Crippen molar-refractivity contribution in [3.05, 3.63) is 106 Å². The Morgan fingerprint density at radius 3 is 2.29 bits per heavy atom. The molecule has 38 heavy (non-hydrogen) atoms. The molecule has 0 radical (unpaired) electrons. The van der Waals surface area contributed by atoms with Crippen LogP contribution in [0, 0.1) is 22.0 Å². The van der Waals surface area contributed by atoms with Crippen molar-refractivity contribution >= 4 is 46.5 Å². The fourth-order valence-corrected chi connectivity index (χ4v) is 5.86. The van der Waals surface area contributed by atoms with Crippen LogP contribution in [0.5, 0.6) is 0 Å². The van der Waals surface area contributed by atoms with Crippen molar-refractivity contribution in [3.8, 4) is 0 Å². The number of amides is 2. The van der Waals surface area contributed by atoms with Crippen LogP contribution in [0.25, 0.3) is 6.08 Å². The number of imide groups is 1. The molecule has 2 fully saturated rings. The van der Waals surface area contributed by atoms with Crippen molar-refractivity contribution in [2.45, 2.75) is 19.0 Å². The molecule has 0 bridgehead atoms. The maximum Gasteiger partial charge on any atom is 0.270 e. The van der Waals surface area contributed by atoms with Crippen LogP contribution in [0.4, 0.5) is 17.1 Å². The highest BCUT2D eigenvalue weighted by Crippen LogP contribution is 2.49. The predicted octanol–water partition coefficient (Wildman–Crippen LogP) is 4.07. The summed E-state index contributed by atoms with van der Waals surface area (Å²) in [4.78, 5) is 67.2. The summed E-state index contributed by atoms with van der Waals surface area (Å²) < 4.78 is 0. The second-order valence-corrected chi connectivity index (χ2v) is 9.60. The van der Waals surface area contributed by atoms with E-state index in [9.17, 15) is 29.3 Å². The molecule has 3 aromatic rings. The summed E-state index contributed by atoms with van der Waals surface area (Å²) in [6.07, 6.45) is 3.73. The Hall–Kier alpha value is -4.92. The molecule has 3 aliphatic heterocycles. The van der Waals surface area contributed by atoms with Gasteiger partial charge in [-0.2, -0.15) is 0 Å². The monoisotopic (exact) mass is 507 g/mol. The zero-order chi connectivity index (χ0) is 26.7. The molecule has 3 heterocycles. The van der Waals surface area contributed by atoms with E-state index < -0.39 is 46.4 Å². The maximum atomic E-state index is 14.0. The molecule has 6 rings (SSSR count). The van der Waals surface area contributed by atoms with Crippen LogP contribution in [-0.2, 0) is 9.59 Å². The number of carbonyl (C=O) groups excluding carboxylic acids is 4. The zero-order valence-corrected chi connectivity index (χ0v) is 20.2. The number of rotatable bonds is 5. The third kappa shape index (κ3) is 3.39. The van der Waals surface area contributed by atoms with Gasteiger partial charge in [-0.25, -0.2) is 4.90 Å². The Kier molecular flexibility index (Phi) is 5.30. The lowest BCUT2D eigenvalue weighted by Gasteiger charge is -2.36. The maximum absolute atomic E-state index is 14.0. The molecule has 4 atom stereocenters. The van der Waals surface area contributed by atoms with Crippen molar-refractivity contribution in [3.63, 3.8) is 0 Å². The number of hydrogen-bond donors (Lipinski definition) is 0. The van der Waals surface area contributed by atoms with E-state index in [1.807, 2.05) is 41.3 Å². The van der Waals surface area contributed by atoms with E-state index in [1.165, 1.54) is 31.2 Å². The molecule has 188 valence electrons. The molecular weight excluding hydrogens is 486 g/mol. The summed E-state index contributed by atoms with van der Waals surface area (Å²) in [6, 6.07) is 17.5. The van der Waals surface area contributed by atoms with Crippen molar-refractivity contribution in [2.75, 3.05) is 9.80 Å². The summed E-state index contributed by atoms with van der Waals surface area (Å²) in [7, 11) is 0. The van der Waals surface area contributed by atoms with E-state index in [0.29, 0.717) is 11.3 Å². The van der Waals surface area contributed by atoms with E-state index in [1.54, 1.807) is 24.3 Å². The molecule has 9 nitrogen and oxygen atoms in total. The predicted molar refractivity (Wildman–Crippen MR) is 139 cm³/mol. The highest BCUT2D eigenvalue weighted by atomic mass is 16.6. The Balaban J connectivity index is 1.47. The fourth-order valence-electron chi connectivity index (χ4n) is 5.86. The van der Waals surface area contributed by atoms with Crippen LogP contribution in [-0.4, -0.2) is 40.4 Å². The number of carbonyl (C=O) groups is 4. The Morgan fingerprint density at radius 2 is 1.58 bits per heavy atom. The van der Waals surface area contributed by atoms with Gasteiger partial charge in [-0.1, -0.05) is 42.5 Å². The van der Waals surface area contributed by atoms with Gasteiger partial charge in [-0.3, -0.25) is 29.3 Å². The number of non-ortho nitro benzene ring substituents is 1. The standard InChI is InChI=1S/C29H21N3O6/c1-16(33)17-9-12-20(13-10-17)30-28(35)24-23-14-11-18-5-2-3-8-22(18)31(23)26(25(24)29(30)36)27(34)19-6-4-7-21(15-19)32(37)38/h2-15,23-26H,1H3/t23-,24+,25-,26+/m1/s1. The molecule has 3 aromatic carbocycles. The van der Waals surface area contributed by atoms with Gasteiger partial charge in [0, 0.05) is 28.9 Å². The van der Waals surface area contributed by atoms with Crippen LogP contribution in [0.3, 0.4) is 0 Å². The van der Waals surface area contributed by atoms with E-state index in [-0.39, 0.29) is 17.0 Å². The third-order valence-electron chi connectivity index (χ3n) is 7.56. The lowest BCUT2D eigenvalue weighted by molar-refractivity contribution is -0.384. The number of para-hydroxylation sites is 1. The molecule has 2 amide bonds. The van der Waals surface area contributed by atoms with Crippen LogP contribution >= 0.6 is 0 Å². The average molecular weight is 508 g/mol. The summed E-state index contributed by atoms with van der Waals surface area (Å²) in [5, 5.41) is 11.4. The highest BCUT2D eigenvalue weighted by molar-refractivity contribution is 6.25. The van der Waals surface area contributed by atoms with Gasteiger partial charge in [-0.05, 0) is 42.8 Å². The van der Waals surface area contributed by atoms with Crippen LogP contribution in [0.2, 0.25) is 0 Å². The number of hydrogen-bond acceptors (Lipinski definition) is 7. The van der Waals surface area contributed by atoms with Crippen LogP contribution in [0.15, 0.2) is 78.9 Å². The number of anilines is 2. The lowest BCUT2D eigenvalue weighted by Crippen LogP contribution is -2.48. The molecule has 0 aliphatic carbocycles. The average Bonchev–Trinajstić information content (AvgIpc) is 3.40. The zero-order valence-electron chi connectivity index (χ0n) is 20.2. The molecule has 9 heteroatoms. The fraction of sp³-hybridized carbons (Fsp3) is 0.172. The number of nitrogens with zero attached hydrogens (tertiary/aromatic N) is 3. The van der Waals surface area contributed by atoms with Crippen LogP contribution < -0.4 is 9.80 Å². The summed E-state index contributed by atoms with van der Waals surface area (Å²) in [5.74, 6) is -3.37. The van der Waals surface area contributed by atoms with Crippen molar-refractivity contribution in [1.29, 1.82) is 0 Å². The number of Topliss-reactive ketones (excluding diaryl/α,β-unsaturated/α-hetero) is 2. The van der Waals surface area contributed by atoms with Gasteiger partial charge in [0.15, 0.2) is 11.6 Å². The Bertz CT molecular complexity index is 1580. The molecule has 0 N–H and O–H groups in total. The van der Waals surface area contributed by atoms with Gasteiger partial charge < -0.3 is 4.90 Å². The molecule has 0 saturated carbocycles. The molecule has 0 unspecified atom stereocenters. The van der Waals surface area contributed by atoms with Gasteiger partial charge in [-0.15, -0.1) is 0 Å². The molecule has 0 aromatic heterocycles. The first-order valence-corrected chi connectivity index (χ1v) is 12.1. The number of nitro benzene ring substituents is 1. The largest absolute Gasteiger partial charge is 0.352 e. The smallest absolute Gasteiger partial charge is 0.270 e. The van der Waals surface area contributed by atoms with Gasteiger partial charge in [0.05, 0.1) is 28.5 Å². The van der Waals surface area contributed by atoms with Crippen molar-refractivity contribution in [2.24, 2.45) is 11.8 Å². The van der Waals surface area contributed by atoms with Gasteiger partial charge in [0.1, 0.15) is 6.04 Å². The van der Waals surface area contributed by atoms with E-state index >= 15 is 0 Å². The first kappa shape index (κ1) is 23.5. The SMILES string of the molecule is CC(=O)c1ccc(N2C(=O)[C@@H]3[C@@H](C2=O)[C@@H](C(=O)c2cccc([N+](=O)[O-])c2)N2c4ccccc4C=C[C@H]32)cc1. The Labute approximate surface area is 217 Å². The molecule has 3 aliphatic rings. The number of nitro groups is 1. The second-order valence-electron chi connectivity index (χ2n) is 9.60. The van der Waals surface area contributed by atoms with Gasteiger partial charge in [0.2, 0.25) is 11.8 Å². The van der Waals surface area contributed by atoms with Crippen molar-refractivity contribution in [1.82, 2.24) is 0 Å². The first-order valence-electron chi connectivity index (χ1n) is 12.1. The molecule has 0 spiro atoms. The minimum atomic E-state index is -1.05. The van der Waals surface area contributed by atoms with Gasteiger partial charge in [0.25, 0.3) is 5.69 Å². The first-order chi connectivity index (χ1) is 18.3. The Morgan fingerprint density at radius 1 is 0.868 bits per heavy atom. The second kappa shape index (κ2) is 8.58. The van der Waals surface area contributed by atoms with Gasteiger partial charge >= 0.3 is 0 Å². The van der Waals surface area contributed by atoms with Crippen LogP contribution in [0.1, 0.15) is 33.2 Å². The van der Waals surface area contributed by atoms with Crippen molar-refractivity contribution < 1.29 is 24.1 Å². The third-order valence-corrected chi connectivity index (χ3v) is 7.56. The minimum absolute atomic E-state index is 0.0974. The number of benzene rings is 3.